The number of carbonyl (C=O) groups excluding carboxylic acids is 2. The van der Waals surface area contributed by atoms with Crippen molar-refractivity contribution >= 4 is 11.8 Å². The van der Waals surface area contributed by atoms with Crippen molar-refractivity contribution in [2.75, 3.05) is 34.5 Å². The maximum absolute atomic E-state index is 13.0. The summed E-state index contributed by atoms with van der Waals surface area (Å²) in [5, 5.41) is 3.27. The number of Topliss-reactive ketones (excluding diaryl/α,β-unsaturated/α-hetero) is 1. The summed E-state index contributed by atoms with van der Waals surface area (Å²) in [4.78, 5) is 26.0. The smallest absolute Gasteiger partial charge is 0.336 e. The van der Waals surface area contributed by atoms with Crippen LogP contribution >= 0.6 is 0 Å². The van der Waals surface area contributed by atoms with E-state index in [2.05, 4.69) is 5.32 Å². The number of benzene rings is 1. The zero-order valence-electron chi connectivity index (χ0n) is 17.3. The van der Waals surface area contributed by atoms with Crippen LogP contribution in [0.3, 0.4) is 0 Å². The highest BCUT2D eigenvalue weighted by Crippen LogP contribution is 2.46. The van der Waals surface area contributed by atoms with Gasteiger partial charge in [-0.25, -0.2) is 4.79 Å². The lowest BCUT2D eigenvalue weighted by molar-refractivity contribution is -0.140. The van der Waals surface area contributed by atoms with Crippen molar-refractivity contribution < 1.29 is 28.5 Å². The number of methoxy groups -OCH3 is 3. The minimum Gasteiger partial charge on any atom is -0.497 e. The van der Waals surface area contributed by atoms with Gasteiger partial charge in [-0.05, 0) is 38.0 Å². The first kappa shape index (κ1) is 20.9. The molecular weight excluding hydrogens is 374 g/mol. The summed E-state index contributed by atoms with van der Waals surface area (Å²) in [6.45, 7) is 2.26. The van der Waals surface area contributed by atoms with Crippen LogP contribution in [0.15, 0.2) is 40.7 Å². The summed E-state index contributed by atoms with van der Waals surface area (Å²) in [5.74, 6) is 0.168. The second kappa shape index (κ2) is 9.13. The Hall–Kier alpha value is -2.80. The van der Waals surface area contributed by atoms with Gasteiger partial charge in [0.05, 0.1) is 32.3 Å². The quantitative estimate of drug-likeness (QED) is 0.556. The van der Waals surface area contributed by atoms with E-state index < -0.39 is 11.9 Å². The normalized spacial score (nSPS) is 18.9. The van der Waals surface area contributed by atoms with Crippen molar-refractivity contribution in [3.8, 4) is 11.5 Å². The Labute approximate surface area is 170 Å². The summed E-state index contributed by atoms with van der Waals surface area (Å²) in [6.07, 6.45) is 2.00. The number of ether oxygens (including phenoxy) is 4. The van der Waals surface area contributed by atoms with Crippen molar-refractivity contribution in [3.63, 3.8) is 0 Å². The van der Waals surface area contributed by atoms with Crippen LogP contribution in [0.2, 0.25) is 0 Å². The highest BCUT2D eigenvalue weighted by Gasteiger charge is 2.40. The van der Waals surface area contributed by atoms with Crippen LogP contribution in [0, 0.1) is 0 Å². The molecule has 0 saturated carbocycles. The standard InChI is InChI=1S/C22H27NO6/c1-13-19(22(25)29-11-10-26-2)20(21-16(23-13)6-5-7-17(21)24)15-12-14(27-3)8-9-18(15)28-4/h8-9,12,20,23H,5-7,10-11H2,1-4H3/t20-/m1/s1. The predicted molar refractivity (Wildman–Crippen MR) is 107 cm³/mol. The fraction of sp³-hybridized carbons (Fsp3) is 0.455. The molecule has 0 bridgehead atoms. The van der Waals surface area contributed by atoms with Gasteiger partial charge >= 0.3 is 5.97 Å². The number of hydrogen-bond donors (Lipinski definition) is 1. The van der Waals surface area contributed by atoms with Crippen LogP contribution in [0.1, 0.15) is 37.7 Å². The van der Waals surface area contributed by atoms with Crippen molar-refractivity contribution in [3.05, 3.63) is 46.3 Å². The molecule has 0 spiro atoms. The Balaban J connectivity index is 2.15. The molecular formula is C22H27NO6. The zero-order chi connectivity index (χ0) is 21.0. The molecule has 0 saturated heterocycles. The molecule has 1 aliphatic carbocycles. The van der Waals surface area contributed by atoms with Crippen LogP contribution in [0.25, 0.3) is 0 Å². The molecule has 156 valence electrons. The van der Waals surface area contributed by atoms with E-state index in [0.29, 0.717) is 46.9 Å². The van der Waals surface area contributed by atoms with E-state index in [9.17, 15) is 9.59 Å². The van der Waals surface area contributed by atoms with Gasteiger partial charge in [0, 0.05) is 36.1 Å². The van der Waals surface area contributed by atoms with Gasteiger partial charge in [-0.3, -0.25) is 4.79 Å². The summed E-state index contributed by atoms with van der Waals surface area (Å²) in [5.41, 5.74) is 3.25. The lowest BCUT2D eigenvalue weighted by Gasteiger charge is -2.34. The zero-order valence-corrected chi connectivity index (χ0v) is 17.3. The van der Waals surface area contributed by atoms with Gasteiger partial charge in [0.1, 0.15) is 18.1 Å². The van der Waals surface area contributed by atoms with Crippen LogP contribution in [0.4, 0.5) is 0 Å². The Morgan fingerprint density at radius 3 is 2.62 bits per heavy atom. The van der Waals surface area contributed by atoms with E-state index in [1.807, 2.05) is 13.0 Å². The SMILES string of the molecule is COCCOC(=O)C1=C(C)NC2=C(C(=O)CCC2)[C@@H]1c1cc(OC)ccc1OC. The number of allylic oxidation sites excluding steroid dienone is 3. The van der Waals surface area contributed by atoms with Crippen LogP contribution < -0.4 is 14.8 Å². The maximum atomic E-state index is 13.0. The average molecular weight is 401 g/mol. The molecule has 1 atom stereocenters. The number of rotatable bonds is 7. The number of dihydropyridines is 1. The summed E-state index contributed by atoms with van der Waals surface area (Å²) in [7, 11) is 4.69. The number of esters is 1. The van der Waals surface area contributed by atoms with Crippen LogP contribution in [-0.2, 0) is 19.1 Å². The van der Waals surface area contributed by atoms with Gasteiger partial charge in [0.25, 0.3) is 0 Å². The summed E-state index contributed by atoms with van der Waals surface area (Å²) < 4.78 is 21.4. The number of hydrogen-bond acceptors (Lipinski definition) is 7. The average Bonchev–Trinajstić information content (AvgIpc) is 2.72. The molecule has 0 unspecified atom stereocenters. The molecule has 1 heterocycles. The van der Waals surface area contributed by atoms with Gasteiger partial charge in [-0.15, -0.1) is 0 Å². The number of ketones is 1. The van der Waals surface area contributed by atoms with Crippen molar-refractivity contribution in [2.24, 2.45) is 0 Å². The molecule has 29 heavy (non-hydrogen) atoms. The fourth-order valence-corrected chi connectivity index (χ4v) is 3.93. The number of carbonyl (C=O) groups is 2. The van der Waals surface area contributed by atoms with Gasteiger partial charge in [0.15, 0.2) is 5.78 Å². The summed E-state index contributed by atoms with van der Waals surface area (Å²) in [6, 6.07) is 5.39. The molecule has 1 N–H and O–H groups in total. The van der Waals surface area contributed by atoms with Gasteiger partial charge in [-0.1, -0.05) is 0 Å². The molecule has 1 aromatic carbocycles. The number of nitrogens with one attached hydrogen (secondary N) is 1. The predicted octanol–water partition coefficient (Wildman–Crippen LogP) is 2.86. The molecule has 0 radical (unpaired) electrons. The highest BCUT2D eigenvalue weighted by molar-refractivity contribution is 6.04. The lowest BCUT2D eigenvalue weighted by atomic mass is 9.75. The van der Waals surface area contributed by atoms with E-state index >= 15 is 0 Å². The van der Waals surface area contributed by atoms with Crippen molar-refractivity contribution in [2.45, 2.75) is 32.1 Å². The van der Waals surface area contributed by atoms with E-state index in [-0.39, 0.29) is 12.4 Å². The molecule has 7 nitrogen and oxygen atoms in total. The van der Waals surface area contributed by atoms with Gasteiger partial charge in [0.2, 0.25) is 0 Å². The van der Waals surface area contributed by atoms with Gasteiger partial charge < -0.3 is 24.3 Å². The molecule has 1 aliphatic heterocycles. The second-order valence-corrected chi connectivity index (χ2v) is 7.00. The minimum absolute atomic E-state index is 0.0308. The Bertz CT molecular complexity index is 870. The molecule has 7 heteroatoms. The molecule has 0 fully saturated rings. The fourth-order valence-electron chi connectivity index (χ4n) is 3.93. The first-order chi connectivity index (χ1) is 14.0. The molecule has 0 aromatic heterocycles. The van der Waals surface area contributed by atoms with Crippen LogP contribution in [-0.4, -0.2) is 46.3 Å². The molecule has 0 amide bonds. The lowest BCUT2D eigenvalue weighted by Crippen LogP contribution is -2.34. The first-order valence-corrected chi connectivity index (χ1v) is 9.63. The Morgan fingerprint density at radius 2 is 1.93 bits per heavy atom. The van der Waals surface area contributed by atoms with Crippen LogP contribution in [0.5, 0.6) is 11.5 Å². The first-order valence-electron chi connectivity index (χ1n) is 9.63. The third-order valence-corrected chi connectivity index (χ3v) is 5.26. The monoisotopic (exact) mass is 401 g/mol. The van der Waals surface area contributed by atoms with E-state index in [0.717, 1.165) is 18.5 Å². The van der Waals surface area contributed by atoms with Gasteiger partial charge in [-0.2, -0.15) is 0 Å². The minimum atomic E-state index is -0.584. The van der Waals surface area contributed by atoms with Crippen molar-refractivity contribution in [1.29, 1.82) is 0 Å². The Kier molecular flexibility index (Phi) is 6.59. The van der Waals surface area contributed by atoms with E-state index in [4.69, 9.17) is 18.9 Å². The van der Waals surface area contributed by atoms with E-state index in [1.165, 1.54) is 0 Å². The molecule has 3 rings (SSSR count). The second-order valence-electron chi connectivity index (χ2n) is 7.00. The maximum Gasteiger partial charge on any atom is 0.336 e. The highest BCUT2D eigenvalue weighted by atomic mass is 16.6. The topological polar surface area (TPSA) is 83.1 Å². The summed E-state index contributed by atoms with van der Waals surface area (Å²) >= 11 is 0. The molecule has 1 aromatic rings. The van der Waals surface area contributed by atoms with E-state index in [1.54, 1.807) is 33.5 Å². The Morgan fingerprint density at radius 1 is 1.14 bits per heavy atom. The van der Waals surface area contributed by atoms with Crippen molar-refractivity contribution in [1.82, 2.24) is 5.32 Å². The third kappa shape index (κ3) is 4.15. The third-order valence-electron chi connectivity index (χ3n) is 5.26. The largest absolute Gasteiger partial charge is 0.497 e. The molecule has 2 aliphatic rings.